The molecule has 0 amide bonds. The standard InChI is InChI=1S/C58H38N2S/c1-2-14-39(15-3-1)40-28-30-43(31-29-40)59(46-36-37-50-49-22-8-9-23-51(49)57-52-24-10-11-27-56(52)61-58(57)53(50)38-46)44-32-34-45(35-33-44)60(54-25-12-18-41-16-4-6-20-47(41)54)55-26-13-19-42-17-5-7-21-48(42)55/h1-38H. The molecule has 0 aliphatic rings. The summed E-state index contributed by atoms with van der Waals surface area (Å²) in [5.74, 6) is 0. The molecule has 0 unspecified atom stereocenters. The topological polar surface area (TPSA) is 6.48 Å². The zero-order valence-corrected chi connectivity index (χ0v) is 34.1. The lowest BCUT2D eigenvalue weighted by molar-refractivity contribution is 1.27. The summed E-state index contributed by atoms with van der Waals surface area (Å²) < 4.78 is 2.64. The first-order valence-corrected chi connectivity index (χ1v) is 21.7. The molecule has 61 heavy (non-hydrogen) atoms. The van der Waals surface area contributed by atoms with Crippen LogP contribution in [-0.4, -0.2) is 0 Å². The Bertz CT molecular complexity index is 3500. The molecule has 0 radical (unpaired) electrons. The van der Waals surface area contributed by atoms with Crippen LogP contribution in [0.1, 0.15) is 0 Å². The van der Waals surface area contributed by atoms with Gasteiger partial charge in [0.2, 0.25) is 0 Å². The van der Waals surface area contributed by atoms with Crippen molar-refractivity contribution in [2.24, 2.45) is 0 Å². The van der Waals surface area contributed by atoms with Crippen LogP contribution in [-0.2, 0) is 0 Å². The number of benzene rings is 11. The highest BCUT2D eigenvalue weighted by Crippen LogP contribution is 2.47. The van der Waals surface area contributed by atoms with Crippen LogP contribution in [0.25, 0.3) is 74.4 Å². The van der Waals surface area contributed by atoms with Crippen molar-refractivity contribution < 1.29 is 0 Å². The van der Waals surface area contributed by atoms with Gasteiger partial charge in [-0.3, -0.25) is 0 Å². The monoisotopic (exact) mass is 794 g/mol. The molecule has 0 atom stereocenters. The lowest BCUT2D eigenvalue weighted by atomic mass is 9.96. The van der Waals surface area contributed by atoms with Crippen LogP contribution >= 0.6 is 11.3 Å². The first-order chi connectivity index (χ1) is 30.3. The Labute approximate surface area is 358 Å². The van der Waals surface area contributed by atoms with Crippen LogP contribution in [0.15, 0.2) is 231 Å². The number of fused-ring (bicyclic) bond motifs is 10. The Kier molecular flexibility index (Phi) is 8.39. The molecule has 0 aliphatic carbocycles. The van der Waals surface area contributed by atoms with Crippen LogP contribution in [0.2, 0.25) is 0 Å². The Balaban J connectivity index is 1.06. The Morgan fingerprint density at radius 1 is 0.279 bits per heavy atom. The normalized spacial score (nSPS) is 11.6. The molecule has 1 aromatic heterocycles. The summed E-state index contributed by atoms with van der Waals surface area (Å²) in [6.45, 7) is 0. The van der Waals surface area contributed by atoms with Crippen LogP contribution < -0.4 is 9.80 Å². The number of rotatable bonds is 7. The quantitative estimate of drug-likeness (QED) is 0.148. The van der Waals surface area contributed by atoms with E-state index < -0.39 is 0 Å². The maximum Gasteiger partial charge on any atom is 0.0540 e. The number of hydrogen-bond acceptors (Lipinski definition) is 3. The average molecular weight is 795 g/mol. The minimum absolute atomic E-state index is 1.08. The summed E-state index contributed by atoms with van der Waals surface area (Å²) in [6.07, 6.45) is 0. The number of thiophene rings is 1. The third-order valence-electron chi connectivity index (χ3n) is 12.2. The summed E-state index contributed by atoms with van der Waals surface area (Å²) in [7, 11) is 0. The molecule has 2 nitrogen and oxygen atoms in total. The first kappa shape index (κ1) is 35.2. The third kappa shape index (κ3) is 5.93. The van der Waals surface area contributed by atoms with Crippen LogP contribution in [0, 0.1) is 0 Å². The van der Waals surface area contributed by atoms with Crippen molar-refractivity contribution in [1.29, 1.82) is 0 Å². The van der Waals surface area contributed by atoms with E-state index in [1.54, 1.807) is 0 Å². The minimum atomic E-state index is 1.08. The summed E-state index contributed by atoms with van der Waals surface area (Å²) in [6, 6.07) is 84.1. The molecule has 3 heteroatoms. The molecule has 0 N–H and O–H groups in total. The fourth-order valence-corrected chi connectivity index (χ4v) is 10.6. The van der Waals surface area contributed by atoms with Gasteiger partial charge in [0.05, 0.1) is 11.4 Å². The van der Waals surface area contributed by atoms with Gasteiger partial charge in [0.25, 0.3) is 0 Å². The largest absolute Gasteiger partial charge is 0.310 e. The molecule has 0 bridgehead atoms. The zero-order valence-electron chi connectivity index (χ0n) is 33.2. The van der Waals surface area contributed by atoms with Gasteiger partial charge in [-0.05, 0) is 105 Å². The number of hydrogen-bond donors (Lipinski definition) is 0. The fraction of sp³-hybridized carbons (Fsp3) is 0. The molecule has 0 aliphatic heterocycles. The second kappa shape index (κ2) is 14.5. The lowest BCUT2D eigenvalue weighted by Crippen LogP contribution is -2.13. The molecule has 1 heterocycles. The molecular formula is C58H38N2S. The van der Waals surface area contributed by atoms with E-state index in [9.17, 15) is 0 Å². The van der Waals surface area contributed by atoms with E-state index in [4.69, 9.17) is 0 Å². The zero-order chi connectivity index (χ0) is 40.3. The van der Waals surface area contributed by atoms with E-state index in [1.165, 1.54) is 74.4 Å². The summed E-state index contributed by atoms with van der Waals surface area (Å²) in [5, 5.41) is 12.6. The predicted molar refractivity (Wildman–Crippen MR) is 264 cm³/mol. The molecule has 0 saturated carbocycles. The molecule has 11 aromatic carbocycles. The van der Waals surface area contributed by atoms with Crippen molar-refractivity contribution in [1.82, 2.24) is 0 Å². The van der Waals surface area contributed by atoms with Crippen molar-refractivity contribution in [3.8, 4) is 11.1 Å². The van der Waals surface area contributed by atoms with Crippen molar-refractivity contribution in [3.63, 3.8) is 0 Å². The fourth-order valence-electron chi connectivity index (χ4n) is 9.38. The minimum Gasteiger partial charge on any atom is -0.310 e. The molecular weight excluding hydrogens is 757 g/mol. The van der Waals surface area contributed by atoms with Crippen LogP contribution in [0.3, 0.4) is 0 Å². The summed E-state index contributed by atoms with van der Waals surface area (Å²) >= 11 is 1.90. The first-order valence-electron chi connectivity index (χ1n) is 20.8. The molecule has 12 rings (SSSR count). The lowest BCUT2D eigenvalue weighted by Gasteiger charge is -2.30. The van der Waals surface area contributed by atoms with Gasteiger partial charge >= 0.3 is 0 Å². The average Bonchev–Trinajstić information content (AvgIpc) is 3.73. The van der Waals surface area contributed by atoms with E-state index in [1.807, 2.05) is 11.3 Å². The van der Waals surface area contributed by atoms with Crippen molar-refractivity contribution in [2.45, 2.75) is 0 Å². The molecule has 0 fully saturated rings. The Morgan fingerprint density at radius 2 is 0.738 bits per heavy atom. The maximum atomic E-state index is 2.42. The molecule has 286 valence electrons. The highest BCUT2D eigenvalue weighted by atomic mass is 32.1. The van der Waals surface area contributed by atoms with Crippen LogP contribution in [0.4, 0.5) is 34.1 Å². The molecule has 0 spiro atoms. The van der Waals surface area contributed by atoms with E-state index in [-0.39, 0.29) is 0 Å². The number of anilines is 6. The second-order valence-electron chi connectivity index (χ2n) is 15.7. The van der Waals surface area contributed by atoms with Gasteiger partial charge in [0.1, 0.15) is 0 Å². The van der Waals surface area contributed by atoms with Crippen molar-refractivity contribution >= 4 is 109 Å². The van der Waals surface area contributed by atoms with E-state index >= 15 is 0 Å². The van der Waals surface area contributed by atoms with Gasteiger partial charge in [0, 0.05) is 59.1 Å². The van der Waals surface area contributed by atoms with Gasteiger partial charge in [-0.25, -0.2) is 0 Å². The van der Waals surface area contributed by atoms with E-state index in [0.717, 1.165) is 34.1 Å². The van der Waals surface area contributed by atoms with Crippen molar-refractivity contribution in [3.05, 3.63) is 231 Å². The van der Waals surface area contributed by atoms with Gasteiger partial charge in [-0.15, -0.1) is 11.3 Å². The van der Waals surface area contributed by atoms with Crippen molar-refractivity contribution in [2.75, 3.05) is 9.80 Å². The number of nitrogens with zero attached hydrogens (tertiary/aromatic N) is 2. The predicted octanol–water partition coefficient (Wildman–Crippen LogP) is 17.3. The van der Waals surface area contributed by atoms with E-state index in [0.29, 0.717) is 0 Å². The maximum absolute atomic E-state index is 2.42. The third-order valence-corrected chi connectivity index (χ3v) is 13.4. The van der Waals surface area contributed by atoms with Gasteiger partial charge < -0.3 is 9.80 Å². The molecule has 0 saturated heterocycles. The SMILES string of the molecule is c1ccc(-c2ccc(N(c3ccc(N(c4cccc5ccccc45)c4cccc5ccccc45)cc3)c3ccc4c5ccccc5c5c6ccccc6sc5c4c3)cc2)cc1. The second-order valence-corrected chi connectivity index (χ2v) is 16.7. The summed E-state index contributed by atoms with van der Waals surface area (Å²) in [4.78, 5) is 4.83. The van der Waals surface area contributed by atoms with E-state index in [2.05, 4.69) is 240 Å². The van der Waals surface area contributed by atoms with Gasteiger partial charge in [-0.2, -0.15) is 0 Å². The smallest absolute Gasteiger partial charge is 0.0540 e. The Hall–Kier alpha value is -7.72. The summed E-state index contributed by atoms with van der Waals surface area (Å²) in [5.41, 5.74) is 9.07. The van der Waals surface area contributed by atoms with Gasteiger partial charge in [-0.1, -0.05) is 164 Å². The Morgan fingerprint density at radius 3 is 1.39 bits per heavy atom. The van der Waals surface area contributed by atoms with Gasteiger partial charge in [0.15, 0.2) is 0 Å². The van der Waals surface area contributed by atoms with Crippen LogP contribution in [0.5, 0.6) is 0 Å². The molecule has 12 aromatic rings. The highest BCUT2D eigenvalue weighted by Gasteiger charge is 2.21. The highest BCUT2D eigenvalue weighted by molar-refractivity contribution is 7.27.